The second-order valence-corrected chi connectivity index (χ2v) is 5.48. The fourth-order valence-electron chi connectivity index (χ4n) is 2.41. The van der Waals surface area contributed by atoms with Gasteiger partial charge in [0, 0.05) is 26.8 Å². The molecule has 1 aromatic heterocycles. The molecule has 22 heavy (non-hydrogen) atoms. The van der Waals surface area contributed by atoms with Crippen LogP contribution in [0.3, 0.4) is 0 Å². The third kappa shape index (κ3) is 4.35. The van der Waals surface area contributed by atoms with Crippen LogP contribution in [0.2, 0.25) is 0 Å². The van der Waals surface area contributed by atoms with Gasteiger partial charge in [-0.3, -0.25) is 9.67 Å². The van der Waals surface area contributed by atoms with E-state index in [-0.39, 0.29) is 0 Å². The molecule has 0 radical (unpaired) electrons. The standard InChI is InChI=1S/C17H25N5/c1-13-5-6-15(14(2)11-13)7-9-19-17(18-3)20-12-16-8-10-21-22(16)4/h5-6,8,10-11H,7,9,12H2,1-4H3,(H2,18,19,20). The van der Waals surface area contributed by atoms with Crippen molar-refractivity contribution in [2.75, 3.05) is 13.6 Å². The van der Waals surface area contributed by atoms with Gasteiger partial charge in [-0.25, -0.2) is 0 Å². The summed E-state index contributed by atoms with van der Waals surface area (Å²) >= 11 is 0. The lowest BCUT2D eigenvalue weighted by Gasteiger charge is -2.13. The largest absolute Gasteiger partial charge is 0.356 e. The van der Waals surface area contributed by atoms with Crippen LogP contribution in [0, 0.1) is 13.8 Å². The van der Waals surface area contributed by atoms with E-state index >= 15 is 0 Å². The Kier molecular flexibility index (Phi) is 5.58. The van der Waals surface area contributed by atoms with Crippen molar-refractivity contribution in [2.45, 2.75) is 26.8 Å². The Hall–Kier alpha value is -2.30. The molecule has 5 heteroatoms. The fraction of sp³-hybridized carbons (Fsp3) is 0.412. The first kappa shape index (κ1) is 16.1. The van der Waals surface area contributed by atoms with E-state index in [0.717, 1.165) is 24.6 Å². The average molecular weight is 299 g/mol. The zero-order chi connectivity index (χ0) is 15.9. The van der Waals surface area contributed by atoms with Crippen molar-refractivity contribution in [1.29, 1.82) is 0 Å². The highest BCUT2D eigenvalue weighted by atomic mass is 15.3. The number of hydrogen-bond donors (Lipinski definition) is 2. The second-order valence-electron chi connectivity index (χ2n) is 5.48. The lowest BCUT2D eigenvalue weighted by atomic mass is 10.0. The molecule has 0 fully saturated rings. The van der Waals surface area contributed by atoms with Gasteiger partial charge < -0.3 is 10.6 Å². The number of rotatable bonds is 5. The van der Waals surface area contributed by atoms with Crippen molar-refractivity contribution in [3.8, 4) is 0 Å². The Bertz CT molecular complexity index is 642. The molecule has 0 bridgehead atoms. The van der Waals surface area contributed by atoms with Gasteiger partial charge in [0.25, 0.3) is 0 Å². The molecular formula is C17H25N5. The summed E-state index contributed by atoms with van der Waals surface area (Å²) in [6.45, 7) is 5.85. The highest BCUT2D eigenvalue weighted by molar-refractivity contribution is 5.79. The van der Waals surface area contributed by atoms with Crippen LogP contribution in [0.15, 0.2) is 35.5 Å². The normalized spacial score (nSPS) is 11.5. The number of aromatic nitrogens is 2. The van der Waals surface area contributed by atoms with Crippen molar-refractivity contribution in [2.24, 2.45) is 12.0 Å². The molecule has 5 nitrogen and oxygen atoms in total. The molecule has 0 atom stereocenters. The molecule has 118 valence electrons. The minimum Gasteiger partial charge on any atom is -0.356 e. The highest BCUT2D eigenvalue weighted by Crippen LogP contribution is 2.10. The van der Waals surface area contributed by atoms with Gasteiger partial charge in [-0.2, -0.15) is 5.10 Å². The van der Waals surface area contributed by atoms with E-state index in [1.165, 1.54) is 16.7 Å². The number of aryl methyl sites for hydroxylation is 3. The van der Waals surface area contributed by atoms with Crippen molar-refractivity contribution in [3.05, 3.63) is 52.8 Å². The molecule has 2 rings (SSSR count). The zero-order valence-corrected chi connectivity index (χ0v) is 13.8. The summed E-state index contributed by atoms with van der Waals surface area (Å²) in [5, 5.41) is 10.8. The van der Waals surface area contributed by atoms with E-state index in [4.69, 9.17) is 0 Å². The fourth-order valence-corrected chi connectivity index (χ4v) is 2.41. The summed E-state index contributed by atoms with van der Waals surface area (Å²) in [5.74, 6) is 0.811. The molecule has 2 aromatic rings. The highest BCUT2D eigenvalue weighted by Gasteiger charge is 2.02. The van der Waals surface area contributed by atoms with Crippen LogP contribution in [0.4, 0.5) is 0 Å². The molecule has 0 aliphatic carbocycles. The number of hydrogen-bond acceptors (Lipinski definition) is 2. The molecule has 0 amide bonds. The third-order valence-corrected chi connectivity index (χ3v) is 3.77. The summed E-state index contributed by atoms with van der Waals surface area (Å²) in [4.78, 5) is 4.25. The molecule has 1 aromatic carbocycles. The van der Waals surface area contributed by atoms with Gasteiger partial charge >= 0.3 is 0 Å². The van der Waals surface area contributed by atoms with Crippen LogP contribution in [0.1, 0.15) is 22.4 Å². The monoisotopic (exact) mass is 299 g/mol. The number of benzene rings is 1. The van der Waals surface area contributed by atoms with Crippen molar-refractivity contribution < 1.29 is 0 Å². The molecule has 0 spiro atoms. The van der Waals surface area contributed by atoms with E-state index in [1.807, 2.05) is 17.8 Å². The maximum absolute atomic E-state index is 4.25. The first-order chi connectivity index (χ1) is 10.6. The van der Waals surface area contributed by atoms with Gasteiger partial charge in [-0.05, 0) is 37.5 Å². The maximum Gasteiger partial charge on any atom is 0.191 e. The molecule has 0 aliphatic heterocycles. The van der Waals surface area contributed by atoms with Gasteiger partial charge in [0.2, 0.25) is 0 Å². The second kappa shape index (κ2) is 7.64. The van der Waals surface area contributed by atoms with Crippen LogP contribution in [0.25, 0.3) is 0 Å². The number of guanidine groups is 1. The van der Waals surface area contributed by atoms with Crippen LogP contribution < -0.4 is 10.6 Å². The van der Waals surface area contributed by atoms with E-state index in [0.29, 0.717) is 6.54 Å². The summed E-state index contributed by atoms with van der Waals surface area (Å²) in [5.41, 5.74) is 5.15. The van der Waals surface area contributed by atoms with Crippen LogP contribution in [-0.4, -0.2) is 29.3 Å². The quantitative estimate of drug-likeness (QED) is 0.655. The number of aliphatic imine (C=N–C) groups is 1. The third-order valence-electron chi connectivity index (χ3n) is 3.77. The Balaban J connectivity index is 1.80. The lowest BCUT2D eigenvalue weighted by Crippen LogP contribution is -2.38. The van der Waals surface area contributed by atoms with Crippen molar-refractivity contribution in [1.82, 2.24) is 20.4 Å². The van der Waals surface area contributed by atoms with Gasteiger partial charge in [-0.15, -0.1) is 0 Å². The van der Waals surface area contributed by atoms with Gasteiger partial charge in [0.15, 0.2) is 5.96 Å². The smallest absolute Gasteiger partial charge is 0.191 e. The molecule has 0 unspecified atom stereocenters. The predicted molar refractivity (Wildman–Crippen MR) is 91.0 cm³/mol. The number of nitrogens with zero attached hydrogens (tertiary/aromatic N) is 3. The topological polar surface area (TPSA) is 54.2 Å². The first-order valence-corrected chi connectivity index (χ1v) is 7.57. The summed E-state index contributed by atoms with van der Waals surface area (Å²) < 4.78 is 1.86. The van der Waals surface area contributed by atoms with E-state index < -0.39 is 0 Å². The van der Waals surface area contributed by atoms with E-state index in [2.05, 4.69) is 52.8 Å². The molecule has 1 heterocycles. The molecular weight excluding hydrogens is 274 g/mol. The Morgan fingerprint density at radius 3 is 2.68 bits per heavy atom. The Morgan fingerprint density at radius 2 is 2.05 bits per heavy atom. The predicted octanol–water partition coefficient (Wildman–Crippen LogP) is 1.94. The van der Waals surface area contributed by atoms with Crippen LogP contribution >= 0.6 is 0 Å². The Morgan fingerprint density at radius 1 is 1.23 bits per heavy atom. The van der Waals surface area contributed by atoms with Crippen LogP contribution in [0.5, 0.6) is 0 Å². The molecule has 0 aliphatic rings. The molecule has 0 saturated carbocycles. The minimum atomic E-state index is 0.708. The molecule has 0 saturated heterocycles. The lowest BCUT2D eigenvalue weighted by molar-refractivity contribution is 0.684. The SMILES string of the molecule is CN=C(NCCc1ccc(C)cc1C)NCc1ccnn1C. The summed E-state index contributed by atoms with van der Waals surface area (Å²) in [7, 11) is 3.73. The maximum atomic E-state index is 4.25. The van der Waals surface area contributed by atoms with E-state index in [9.17, 15) is 0 Å². The zero-order valence-electron chi connectivity index (χ0n) is 13.8. The van der Waals surface area contributed by atoms with Crippen LogP contribution in [-0.2, 0) is 20.0 Å². The van der Waals surface area contributed by atoms with Crippen molar-refractivity contribution in [3.63, 3.8) is 0 Å². The summed E-state index contributed by atoms with van der Waals surface area (Å²) in [6.07, 6.45) is 2.78. The molecule has 2 N–H and O–H groups in total. The summed E-state index contributed by atoms with van der Waals surface area (Å²) in [6, 6.07) is 8.59. The van der Waals surface area contributed by atoms with E-state index in [1.54, 1.807) is 13.2 Å². The van der Waals surface area contributed by atoms with Gasteiger partial charge in [0.05, 0.1) is 12.2 Å². The first-order valence-electron chi connectivity index (χ1n) is 7.57. The Labute approximate surface area is 132 Å². The van der Waals surface area contributed by atoms with Gasteiger partial charge in [0.1, 0.15) is 0 Å². The minimum absolute atomic E-state index is 0.708. The number of nitrogens with one attached hydrogen (secondary N) is 2. The van der Waals surface area contributed by atoms with Gasteiger partial charge in [-0.1, -0.05) is 23.8 Å². The average Bonchev–Trinajstić information content (AvgIpc) is 2.90. The van der Waals surface area contributed by atoms with Crippen molar-refractivity contribution >= 4 is 5.96 Å².